The molecule has 0 amide bonds. The van der Waals surface area contributed by atoms with Gasteiger partial charge in [0.15, 0.2) is 0 Å². The maximum atomic E-state index is 12.3. The molecule has 2 aromatic rings. The van der Waals surface area contributed by atoms with Crippen molar-refractivity contribution >= 4 is 17.7 Å². The molecule has 6 heteroatoms. The summed E-state index contributed by atoms with van der Waals surface area (Å²) in [5.41, 5.74) is 1.39. The number of rotatable bonds is 7. The van der Waals surface area contributed by atoms with E-state index in [2.05, 4.69) is 12.0 Å². The van der Waals surface area contributed by atoms with Gasteiger partial charge in [-0.2, -0.15) is 0 Å². The van der Waals surface area contributed by atoms with E-state index >= 15 is 0 Å². The van der Waals surface area contributed by atoms with Gasteiger partial charge in [-0.25, -0.2) is 4.79 Å². The fraction of sp³-hybridized carbons (Fsp3) is 0.412. The summed E-state index contributed by atoms with van der Waals surface area (Å²) in [4.78, 5) is 13.4. The first kappa shape index (κ1) is 17.4. The average Bonchev–Trinajstić information content (AvgIpc) is 2.91. The van der Waals surface area contributed by atoms with Crippen molar-refractivity contribution in [1.29, 1.82) is 0 Å². The smallest absolute Gasteiger partial charge is 0.338 e. The Kier molecular flexibility index (Phi) is 6.10. The molecule has 0 aliphatic heterocycles. The Morgan fingerprint density at radius 2 is 2.13 bits per heavy atom. The van der Waals surface area contributed by atoms with E-state index in [0.29, 0.717) is 11.4 Å². The number of nitrogens with zero attached hydrogens (tertiary/aromatic N) is 2. The van der Waals surface area contributed by atoms with Crippen molar-refractivity contribution in [3.63, 3.8) is 0 Å². The second-order valence-corrected chi connectivity index (χ2v) is 6.59. The molecule has 23 heavy (non-hydrogen) atoms. The molecule has 0 bridgehead atoms. The highest BCUT2D eigenvalue weighted by molar-refractivity contribution is 7.99. The minimum Gasteiger partial charge on any atom is -0.472 e. The normalized spacial score (nSPS) is 10.8. The Morgan fingerprint density at radius 1 is 1.35 bits per heavy atom. The number of ether oxygens (including phenoxy) is 2. The highest BCUT2D eigenvalue weighted by Crippen LogP contribution is 2.27. The number of carbonyl (C=O) groups is 1. The van der Waals surface area contributed by atoms with Gasteiger partial charge < -0.3 is 9.47 Å². The predicted molar refractivity (Wildman–Crippen MR) is 90.9 cm³/mol. The highest BCUT2D eigenvalue weighted by atomic mass is 32.2. The van der Waals surface area contributed by atoms with Gasteiger partial charge in [-0.05, 0) is 31.7 Å². The van der Waals surface area contributed by atoms with Gasteiger partial charge in [-0.3, -0.25) is 4.68 Å². The fourth-order valence-corrected chi connectivity index (χ4v) is 2.92. The van der Waals surface area contributed by atoms with Crippen LogP contribution in [0.1, 0.15) is 36.7 Å². The van der Waals surface area contributed by atoms with Crippen molar-refractivity contribution < 1.29 is 14.3 Å². The molecule has 1 aromatic carbocycles. The predicted octanol–water partition coefficient (Wildman–Crippen LogP) is 3.68. The van der Waals surface area contributed by atoms with Gasteiger partial charge in [-0.1, -0.05) is 13.0 Å². The zero-order valence-electron chi connectivity index (χ0n) is 13.9. The third-order valence-electron chi connectivity index (χ3n) is 3.05. The lowest BCUT2D eigenvalue weighted by Crippen LogP contribution is -2.15. The summed E-state index contributed by atoms with van der Waals surface area (Å²) < 4.78 is 12.8. The molecule has 124 valence electrons. The molecule has 0 aliphatic carbocycles. The Morgan fingerprint density at radius 3 is 2.74 bits per heavy atom. The van der Waals surface area contributed by atoms with Gasteiger partial charge in [0.05, 0.1) is 11.7 Å². The summed E-state index contributed by atoms with van der Waals surface area (Å²) in [5, 5.41) is 4.20. The number of aryl methyl sites for hydroxylation is 1. The summed E-state index contributed by atoms with van der Waals surface area (Å²) >= 11 is 1.68. The van der Waals surface area contributed by atoms with Crippen LogP contribution in [0.15, 0.2) is 35.4 Å². The van der Waals surface area contributed by atoms with Crippen LogP contribution in [0, 0.1) is 0 Å². The minimum atomic E-state index is -0.321. The Bertz CT molecular complexity index is 668. The minimum absolute atomic E-state index is 0.158. The van der Waals surface area contributed by atoms with Gasteiger partial charge >= 0.3 is 5.97 Å². The highest BCUT2D eigenvalue weighted by Gasteiger charge is 2.18. The van der Waals surface area contributed by atoms with E-state index in [1.807, 2.05) is 39.2 Å². The number of aromatic nitrogens is 2. The van der Waals surface area contributed by atoms with Gasteiger partial charge in [0.25, 0.3) is 0 Å². The third-order valence-corrected chi connectivity index (χ3v) is 4.03. The van der Waals surface area contributed by atoms with Crippen LogP contribution in [0.4, 0.5) is 0 Å². The zero-order chi connectivity index (χ0) is 16.8. The zero-order valence-corrected chi connectivity index (χ0v) is 14.7. The van der Waals surface area contributed by atoms with E-state index in [1.165, 1.54) is 0 Å². The molecule has 0 fully saturated rings. The van der Waals surface area contributed by atoms with Gasteiger partial charge in [-0.15, -0.1) is 16.9 Å². The van der Waals surface area contributed by atoms with Crippen molar-refractivity contribution in [1.82, 2.24) is 9.78 Å². The standard InChI is InChI=1S/C17H22N2O3S/c1-5-23-15-8-6-7-13(17(20)22-12(2)3)14(15)11-21-16-9-10-19(4)18-16/h6-10,12H,5,11H2,1-4H3. The topological polar surface area (TPSA) is 53.4 Å². The monoisotopic (exact) mass is 334 g/mol. The SMILES string of the molecule is CCSc1cccc(C(=O)OC(C)C)c1COc1ccn(C)n1. The molecule has 1 heterocycles. The first-order chi connectivity index (χ1) is 11.0. The van der Waals surface area contributed by atoms with Crippen LogP contribution in [-0.4, -0.2) is 27.6 Å². The van der Waals surface area contributed by atoms with Crippen LogP contribution >= 0.6 is 11.8 Å². The van der Waals surface area contributed by atoms with Crippen molar-refractivity contribution in [2.75, 3.05) is 5.75 Å². The van der Waals surface area contributed by atoms with Crippen LogP contribution in [0.25, 0.3) is 0 Å². The van der Waals surface area contributed by atoms with E-state index < -0.39 is 0 Å². The summed E-state index contributed by atoms with van der Waals surface area (Å²) in [6.07, 6.45) is 1.66. The average molecular weight is 334 g/mol. The first-order valence-electron chi connectivity index (χ1n) is 7.59. The van der Waals surface area contributed by atoms with E-state index in [1.54, 1.807) is 28.6 Å². The Labute approximate surface area is 141 Å². The van der Waals surface area contributed by atoms with Crippen LogP contribution in [0.5, 0.6) is 5.88 Å². The van der Waals surface area contributed by atoms with E-state index in [-0.39, 0.29) is 18.7 Å². The van der Waals surface area contributed by atoms with Crippen LogP contribution in [0.3, 0.4) is 0 Å². The molecule has 0 saturated carbocycles. The van der Waals surface area contributed by atoms with Gasteiger partial charge in [0.2, 0.25) is 5.88 Å². The van der Waals surface area contributed by atoms with Crippen LogP contribution in [-0.2, 0) is 18.4 Å². The van der Waals surface area contributed by atoms with Crippen molar-refractivity contribution in [2.24, 2.45) is 7.05 Å². The number of hydrogen-bond acceptors (Lipinski definition) is 5. The van der Waals surface area contributed by atoms with Crippen molar-refractivity contribution in [2.45, 2.75) is 38.4 Å². The summed E-state index contributed by atoms with van der Waals surface area (Å²) in [7, 11) is 1.83. The second kappa shape index (κ2) is 8.06. The summed E-state index contributed by atoms with van der Waals surface area (Å²) in [6, 6.07) is 7.44. The second-order valence-electron chi connectivity index (χ2n) is 5.29. The number of benzene rings is 1. The molecule has 0 saturated heterocycles. The molecule has 0 atom stereocenters. The lowest BCUT2D eigenvalue weighted by Gasteiger charge is -2.15. The quantitative estimate of drug-likeness (QED) is 0.571. The third kappa shape index (κ3) is 4.76. The molecule has 2 rings (SSSR count). The van der Waals surface area contributed by atoms with Crippen LogP contribution in [0.2, 0.25) is 0 Å². The van der Waals surface area contributed by atoms with Crippen LogP contribution < -0.4 is 4.74 Å². The number of esters is 1. The molecular weight excluding hydrogens is 312 g/mol. The summed E-state index contributed by atoms with van der Waals surface area (Å²) in [6.45, 7) is 6.04. The first-order valence-corrected chi connectivity index (χ1v) is 8.58. The molecule has 0 spiro atoms. The van der Waals surface area contributed by atoms with E-state index in [0.717, 1.165) is 16.2 Å². The Balaban J connectivity index is 2.26. The largest absolute Gasteiger partial charge is 0.472 e. The van der Waals surface area contributed by atoms with Crippen molar-refractivity contribution in [3.8, 4) is 5.88 Å². The number of carbonyl (C=O) groups excluding carboxylic acids is 1. The van der Waals surface area contributed by atoms with E-state index in [4.69, 9.17) is 9.47 Å². The molecular formula is C17H22N2O3S. The molecule has 0 radical (unpaired) electrons. The molecule has 1 aromatic heterocycles. The lowest BCUT2D eigenvalue weighted by molar-refractivity contribution is 0.0374. The number of hydrogen-bond donors (Lipinski definition) is 0. The maximum Gasteiger partial charge on any atom is 0.338 e. The molecule has 0 aliphatic rings. The van der Waals surface area contributed by atoms with Gasteiger partial charge in [0, 0.05) is 29.8 Å². The molecule has 0 unspecified atom stereocenters. The summed E-state index contributed by atoms with van der Waals surface area (Å²) in [5.74, 6) is 1.13. The maximum absolute atomic E-state index is 12.3. The van der Waals surface area contributed by atoms with E-state index in [9.17, 15) is 4.79 Å². The van der Waals surface area contributed by atoms with Gasteiger partial charge in [0.1, 0.15) is 6.61 Å². The lowest BCUT2D eigenvalue weighted by atomic mass is 10.1. The fourth-order valence-electron chi connectivity index (χ4n) is 2.09. The molecule has 5 nitrogen and oxygen atoms in total. The molecule has 0 N–H and O–H groups in total. The van der Waals surface area contributed by atoms with Crippen molar-refractivity contribution in [3.05, 3.63) is 41.6 Å². The Hall–Kier alpha value is -1.95. The number of thioether (sulfide) groups is 1.